The van der Waals surface area contributed by atoms with Gasteiger partial charge >= 0.3 is 0 Å². The number of guanidine groups is 1. The third-order valence-electron chi connectivity index (χ3n) is 5.99. The van der Waals surface area contributed by atoms with Crippen LogP contribution in [0.1, 0.15) is 83.3 Å². The van der Waals surface area contributed by atoms with E-state index < -0.39 is 0 Å². The molecule has 1 heterocycles. The van der Waals surface area contributed by atoms with Crippen LogP contribution in [0.25, 0.3) is 0 Å². The fourth-order valence-electron chi connectivity index (χ4n) is 4.23. The molecule has 0 aliphatic heterocycles. The lowest BCUT2D eigenvalue weighted by Gasteiger charge is -2.32. The summed E-state index contributed by atoms with van der Waals surface area (Å²) < 4.78 is 8.01. The van der Waals surface area contributed by atoms with Crippen molar-refractivity contribution in [2.24, 2.45) is 12.0 Å². The summed E-state index contributed by atoms with van der Waals surface area (Å²) in [6.45, 7) is 6.76. The molecule has 3 rings (SSSR count). The van der Waals surface area contributed by atoms with Gasteiger partial charge < -0.3 is 19.9 Å². The summed E-state index contributed by atoms with van der Waals surface area (Å²) in [7, 11) is 2.00. The lowest BCUT2D eigenvalue weighted by atomic mass is 9.92. The van der Waals surface area contributed by atoms with Crippen molar-refractivity contribution in [2.75, 3.05) is 0 Å². The van der Waals surface area contributed by atoms with Gasteiger partial charge in [-0.1, -0.05) is 19.3 Å². The van der Waals surface area contributed by atoms with Gasteiger partial charge in [-0.3, -0.25) is 0 Å². The van der Waals surface area contributed by atoms with Crippen molar-refractivity contribution in [3.63, 3.8) is 0 Å². The molecular formula is C21H39IN6O. The van der Waals surface area contributed by atoms with Crippen LogP contribution >= 0.6 is 24.0 Å². The number of ether oxygens (including phenoxy) is 1. The van der Waals surface area contributed by atoms with E-state index in [1.54, 1.807) is 0 Å². The molecule has 2 aliphatic carbocycles. The minimum atomic E-state index is 0. The van der Waals surface area contributed by atoms with Gasteiger partial charge in [-0.15, -0.1) is 34.2 Å². The van der Waals surface area contributed by atoms with Crippen LogP contribution in [-0.2, 0) is 18.3 Å². The van der Waals surface area contributed by atoms with Crippen LogP contribution in [0.2, 0.25) is 0 Å². The Morgan fingerprint density at radius 2 is 1.66 bits per heavy atom. The number of hydrogen-bond acceptors (Lipinski definition) is 4. The second kappa shape index (κ2) is 12.1. The molecular weight excluding hydrogens is 479 g/mol. The van der Waals surface area contributed by atoms with Crippen LogP contribution in [-0.4, -0.2) is 45.0 Å². The zero-order valence-electron chi connectivity index (χ0n) is 18.5. The molecule has 29 heavy (non-hydrogen) atoms. The first-order valence-electron chi connectivity index (χ1n) is 11.1. The normalized spacial score (nSPS) is 23.7. The average molecular weight is 518 g/mol. The maximum atomic E-state index is 6.00. The summed E-state index contributed by atoms with van der Waals surface area (Å²) >= 11 is 0. The van der Waals surface area contributed by atoms with Crippen LogP contribution in [0.15, 0.2) is 4.99 Å². The maximum absolute atomic E-state index is 6.00. The van der Waals surface area contributed by atoms with Crippen molar-refractivity contribution in [3.8, 4) is 0 Å². The Kier molecular flexibility index (Phi) is 10.1. The second-order valence-electron chi connectivity index (χ2n) is 8.67. The molecule has 7 nitrogen and oxygen atoms in total. The highest BCUT2D eigenvalue weighted by Crippen LogP contribution is 2.23. The lowest BCUT2D eigenvalue weighted by molar-refractivity contribution is -0.0152. The molecule has 0 atom stereocenters. The van der Waals surface area contributed by atoms with E-state index in [4.69, 9.17) is 9.73 Å². The van der Waals surface area contributed by atoms with E-state index in [9.17, 15) is 0 Å². The molecule has 0 bridgehead atoms. The predicted octanol–water partition coefficient (Wildman–Crippen LogP) is 3.85. The van der Waals surface area contributed by atoms with Gasteiger partial charge in [0.25, 0.3) is 0 Å². The molecule has 0 amide bonds. The number of aliphatic imine (C=N–C) groups is 1. The highest BCUT2D eigenvalue weighted by Gasteiger charge is 2.24. The molecule has 0 unspecified atom stereocenters. The van der Waals surface area contributed by atoms with E-state index in [0.29, 0.717) is 30.8 Å². The average Bonchev–Trinajstić information content (AvgIpc) is 3.00. The first kappa shape index (κ1) is 24.4. The van der Waals surface area contributed by atoms with Gasteiger partial charge in [-0.25, -0.2) is 4.99 Å². The molecule has 2 saturated carbocycles. The van der Waals surface area contributed by atoms with Gasteiger partial charge in [0, 0.05) is 19.1 Å². The summed E-state index contributed by atoms with van der Waals surface area (Å²) in [5.74, 6) is 2.75. The number of hydrogen-bond donors (Lipinski definition) is 2. The summed E-state index contributed by atoms with van der Waals surface area (Å²) in [6.07, 6.45) is 11.7. The molecule has 8 heteroatoms. The van der Waals surface area contributed by atoms with E-state index in [0.717, 1.165) is 43.3 Å². The van der Waals surface area contributed by atoms with Crippen LogP contribution in [0, 0.1) is 6.92 Å². The van der Waals surface area contributed by atoms with E-state index in [2.05, 4.69) is 34.7 Å². The Morgan fingerprint density at radius 3 is 2.21 bits per heavy atom. The highest BCUT2D eigenvalue weighted by molar-refractivity contribution is 14.0. The van der Waals surface area contributed by atoms with Crippen molar-refractivity contribution in [3.05, 3.63) is 11.6 Å². The standard InChI is InChI=1S/C21H38N6O.HI/c1-15(2)28-19-12-10-18(11-13-19)24-21(23-17-8-6-5-7-9-17)22-14-20-26-25-16(3)27(20)4;/h15,17-19H,5-14H2,1-4H3,(H2,22,23,24);1H. The molecule has 2 N–H and O–H groups in total. The largest absolute Gasteiger partial charge is 0.376 e. The first-order chi connectivity index (χ1) is 13.5. The lowest BCUT2D eigenvalue weighted by Crippen LogP contribution is -2.49. The third kappa shape index (κ3) is 7.70. The molecule has 0 saturated heterocycles. The number of nitrogens with one attached hydrogen (secondary N) is 2. The molecule has 166 valence electrons. The number of aryl methyl sites for hydroxylation is 1. The molecule has 2 aliphatic rings. The number of aromatic nitrogens is 3. The Balaban J connectivity index is 0.00000300. The molecule has 0 aromatic carbocycles. The van der Waals surface area contributed by atoms with Gasteiger partial charge in [0.15, 0.2) is 11.8 Å². The Labute approximate surface area is 192 Å². The third-order valence-corrected chi connectivity index (χ3v) is 5.99. The van der Waals surface area contributed by atoms with Crippen molar-refractivity contribution in [1.29, 1.82) is 0 Å². The van der Waals surface area contributed by atoms with E-state index in [-0.39, 0.29) is 24.0 Å². The summed E-state index contributed by atoms with van der Waals surface area (Å²) in [5.41, 5.74) is 0. The fraction of sp³-hybridized carbons (Fsp3) is 0.857. The monoisotopic (exact) mass is 518 g/mol. The van der Waals surface area contributed by atoms with Crippen LogP contribution in [0.3, 0.4) is 0 Å². The van der Waals surface area contributed by atoms with Gasteiger partial charge in [-0.2, -0.15) is 0 Å². The van der Waals surface area contributed by atoms with Gasteiger partial charge in [0.1, 0.15) is 12.4 Å². The summed E-state index contributed by atoms with van der Waals surface area (Å²) in [4.78, 5) is 4.86. The highest BCUT2D eigenvalue weighted by atomic mass is 127. The van der Waals surface area contributed by atoms with Crippen molar-refractivity contribution in [2.45, 2.75) is 109 Å². The van der Waals surface area contributed by atoms with Crippen LogP contribution < -0.4 is 10.6 Å². The zero-order chi connectivity index (χ0) is 19.9. The number of nitrogens with zero attached hydrogens (tertiary/aromatic N) is 4. The Hall–Kier alpha value is -0.900. The number of halogens is 1. The first-order valence-corrected chi connectivity index (χ1v) is 11.1. The predicted molar refractivity (Wildman–Crippen MR) is 128 cm³/mol. The SMILES string of the molecule is Cc1nnc(CN=C(NC2CCCCC2)NC2CCC(OC(C)C)CC2)n1C.I. The van der Waals surface area contributed by atoms with Gasteiger partial charge in [0.05, 0.1) is 12.2 Å². The van der Waals surface area contributed by atoms with Crippen molar-refractivity contribution < 1.29 is 4.74 Å². The van der Waals surface area contributed by atoms with E-state index in [1.807, 2.05) is 18.5 Å². The quantitative estimate of drug-likeness (QED) is 0.340. The number of rotatable bonds is 6. The Morgan fingerprint density at radius 1 is 1.03 bits per heavy atom. The minimum Gasteiger partial charge on any atom is -0.376 e. The van der Waals surface area contributed by atoms with Gasteiger partial charge in [0.2, 0.25) is 0 Å². The smallest absolute Gasteiger partial charge is 0.192 e. The van der Waals surface area contributed by atoms with Crippen LogP contribution in [0.5, 0.6) is 0 Å². The van der Waals surface area contributed by atoms with Gasteiger partial charge in [-0.05, 0) is 59.3 Å². The van der Waals surface area contributed by atoms with Crippen molar-refractivity contribution in [1.82, 2.24) is 25.4 Å². The molecule has 1 aromatic heterocycles. The van der Waals surface area contributed by atoms with E-state index >= 15 is 0 Å². The minimum absolute atomic E-state index is 0. The molecule has 0 spiro atoms. The summed E-state index contributed by atoms with van der Waals surface area (Å²) in [5, 5.41) is 15.8. The van der Waals surface area contributed by atoms with E-state index in [1.165, 1.54) is 32.1 Å². The fourth-order valence-corrected chi connectivity index (χ4v) is 4.23. The molecule has 2 fully saturated rings. The van der Waals surface area contributed by atoms with Crippen molar-refractivity contribution >= 4 is 29.9 Å². The van der Waals surface area contributed by atoms with Crippen LogP contribution in [0.4, 0.5) is 0 Å². The second-order valence-corrected chi connectivity index (χ2v) is 8.67. The topological polar surface area (TPSA) is 76.4 Å². The molecule has 0 radical (unpaired) electrons. The zero-order valence-corrected chi connectivity index (χ0v) is 20.8. The summed E-state index contributed by atoms with van der Waals surface area (Å²) in [6, 6.07) is 0.991. The Bertz CT molecular complexity index is 633. The maximum Gasteiger partial charge on any atom is 0.192 e. The molecule has 1 aromatic rings.